The maximum absolute atomic E-state index is 12.2. The fourth-order valence-corrected chi connectivity index (χ4v) is 3.72. The summed E-state index contributed by atoms with van der Waals surface area (Å²) in [5, 5.41) is 3.42. The molecule has 0 bridgehead atoms. The maximum Gasteiger partial charge on any atom is 0.252 e. The largest absolute Gasteiger partial charge is 0.351 e. The molecular weight excluding hydrogens is 354 g/mol. The number of rotatable bonds is 6. The molecule has 1 amide bonds. The van der Waals surface area contributed by atoms with Crippen molar-refractivity contribution in [3.63, 3.8) is 0 Å². The Hall–Kier alpha value is -1.50. The van der Waals surface area contributed by atoms with Crippen molar-refractivity contribution >= 4 is 39.1 Å². The van der Waals surface area contributed by atoms with Gasteiger partial charge >= 0.3 is 0 Å². The SMILES string of the molecule is CS(=O)(=O)c1ccccc1C(=O)NCCSc1ccc(Cl)cc1. The average Bonchev–Trinajstić information content (AvgIpc) is 2.52. The maximum atomic E-state index is 12.2. The van der Waals surface area contributed by atoms with Crippen LogP contribution in [0.15, 0.2) is 58.3 Å². The van der Waals surface area contributed by atoms with Crippen LogP contribution in [0, 0.1) is 0 Å². The zero-order chi connectivity index (χ0) is 16.9. The van der Waals surface area contributed by atoms with Gasteiger partial charge in [0.25, 0.3) is 5.91 Å². The molecule has 0 heterocycles. The van der Waals surface area contributed by atoms with E-state index in [4.69, 9.17) is 11.6 Å². The summed E-state index contributed by atoms with van der Waals surface area (Å²) in [6, 6.07) is 13.6. The Morgan fingerprint density at radius 2 is 1.78 bits per heavy atom. The number of hydrogen-bond donors (Lipinski definition) is 1. The molecule has 122 valence electrons. The number of halogens is 1. The standard InChI is InChI=1S/C16H16ClNO3S2/c1-23(20,21)15-5-3-2-4-14(15)16(19)18-10-11-22-13-8-6-12(17)7-9-13/h2-9H,10-11H2,1H3,(H,18,19). The molecule has 0 radical (unpaired) electrons. The van der Waals surface area contributed by atoms with Crippen molar-refractivity contribution in [2.45, 2.75) is 9.79 Å². The second kappa shape index (κ2) is 7.86. The number of nitrogens with one attached hydrogen (secondary N) is 1. The van der Waals surface area contributed by atoms with E-state index >= 15 is 0 Å². The van der Waals surface area contributed by atoms with Crippen molar-refractivity contribution < 1.29 is 13.2 Å². The Kier molecular flexibility index (Phi) is 6.10. The number of sulfone groups is 1. The Bertz CT molecular complexity index is 789. The lowest BCUT2D eigenvalue weighted by Crippen LogP contribution is -2.27. The van der Waals surface area contributed by atoms with Crippen LogP contribution in [0.25, 0.3) is 0 Å². The molecule has 0 aromatic heterocycles. The van der Waals surface area contributed by atoms with Crippen LogP contribution in [0.3, 0.4) is 0 Å². The van der Waals surface area contributed by atoms with Gasteiger partial charge in [-0.05, 0) is 36.4 Å². The minimum atomic E-state index is -3.43. The van der Waals surface area contributed by atoms with Crippen molar-refractivity contribution in [2.24, 2.45) is 0 Å². The van der Waals surface area contributed by atoms with Gasteiger partial charge in [-0.3, -0.25) is 4.79 Å². The molecule has 1 N–H and O–H groups in total. The number of hydrogen-bond acceptors (Lipinski definition) is 4. The van der Waals surface area contributed by atoms with Gasteiger partial charge in [0.05, 0.1) is 10.5 Å². The summed E-state index contributed by atoms with van der Waals surface area (Å²) < 4.78 is 23.4. The van der Waals surface area contributed by atoms with Gasteiger partial charge in [0, 0.05) is 28.5 Å². The summed E-state index contributed by atoms with van der Waals surface area (Å²) in [5.74, 6) is 0.289. The summed E-state index contributed by atoms with van der Waals surface area (Å²) in [4.78, 5) is 13.3. The van der Waals surface area contributed by atoms with Crippen molar-refractivity contribution in [3.05, 3.63) is 59.1 Å². The predicted molar refractivity (Wildman–Crippen MR) is 94.1 cm³/mol. The number of thioether (sulfide) groups is 1. The first-order valence-corrected chi connectivity index (χ1v) is 10.1. The molecule has 4 nitrogen and oxygen atoms in total. The second-order valence-electron chi connectivity index (χ2n) is 4.83. The minimum absolute atomic E-state index is 0.0443. The van der Waals surface area contributed by atoms with Crippen LogP contribution in [0.2, 0.25) is 5.02 Å². The molecular formula is C16H16ClNO3S2. The number of carbonyl (C=O) groups excluding carboxylic acids is 1. The van der Waals surface area contributed by atoms with Gasteiger partial charge in [-0.1, -0.05) is 23.7 Å². The highest BCUT2D eigenvalue weighted by atomic mass is 35.5. The molecule has 7 heteroatoms. The predicted octanol–water partition coefficient (Wildman–Crippen LogP) is 3.27. The normalized spacial score (nSPS) is 11.2. The van der Waals surface area contributed by atoms with Crippen molar-refractivity contribution in [3.8, 4) is 0 Å². The fraction of sp³-hybridized carbons (Fsp3) is 0.188. The molecule has 0 unspecified atom stereocenters. The number of carbonyl (C=O) groups is 1. The first-order chi connectivity index (χ1) is 10.9. The quantitative estimate of drug-likeness (QED) is 0.627. The van der Waals surface area contributed by atoms with Crippen LogP contribution in [0.1, 0.15) is 10.4 Å². The number of benzene rings is 2. The van der Waals surface area contributed by atoms with E-state index in [0.29, 0.717) is 17.3 Å². The summed E-state index contributed by atoms with van der Waals surface area (Å²) in [5.41, 5.74) is 0.173. The van der Waals surface area contributed by atoms with E-state index in [1.165, 1.54) is 12.1 Å². The fourth-order valence-electron chi connectivity index (χ4n) is 1.94. The molecule has 0 saturated heterocycles. The van der Waals surface area contributed by atoms with Crippen LogP contribution in [0.4, 0.5) is 0 Å². The zero-order valence-corrected chi connectivity index (χ0v) is 14.8. The summed E-state index contributed by atoms with van der Waals surface area (Å²) >= 11 is 7.40. The van der Waals surface area contributed by atoms with E-state index in [1.54, 1.807) is 23.9 Å². The van der Waals surface area contributed by atoms with E-state index in [1.807, 2.05) is 24.3 Å². The van der Waals surface area contributed by atoms with E-state index in [9.17, 15) is 13.2 Å². The molecule has 0 atom stereocenters. The third-order valence-electron chi connectivity index (χ3n) is 3.00. The first kappa shape index (κ1) is 17.8. The molecule has 0 aliphatic carbocycles. The molecule has 0 saturated carbocycles. The molecule has 0 aliphatic heterocycles. The van der Waals surface area contributed by atoms with Crippen molar-refractivity contribution in [1.29, 1.82) is 0 Å². The summed E-state index contributed by atoms with van der Waals surface area (Å²) in [7, 11) is -3.43. The van der Waals surface area contributed by atoms with E-state index < -0.39 is 9.84 Å². The van der Waals surface area contributed by atoms with Crippen LogP contribution in [-0.4, -0.2) is 32.9 Å². The van der Waals surface area contributed by atoms with Gasteiger partial charge in [0.1, 0.15) is 0 Å². The molecule has 2 rings (SSSR count). The highest BCUT2D eigenvalue weighted by molar-refractivity contribution is 7.99. The Balaban J connectivity index is 1.92. The molecule has 0 aliphatic rings. The Morgan fingerprint density at radius 3 is 2.43 bits per heavy atom. The smallest absolute Gasteiger partial charge is 0.252 e. The first-order valence-electron chi connectivity index (χ1n) is 6.83. The van der Waals surface area contributed by atoms with Gasteiger partial charge in [-0.2, -0.15) is 0 Å². The lowest BCUT2D eigenvalue weighted by molar-refractivity contribution is 0.0953. The molecule has 2 aromatic carbocycles. The number of amides is 1. The highest BCUT2D eigenvalue weighted by Gasteiger charge is 2.17. The monoisotopic (exact) mass is 369 g/mol. The van der Waals surface area contributed by atoms with Gasteiger partial charge in [0.2, 0.25) is 0 Å². The van der Waals surface area contributed by atoms with Gasteiger partial charge < -0.3 is 5.32 Å². The summed E-state index contributed by atoms with van der Waals surface area (Å²) in [6.07, 6.45) is 1.09. The zero-order valence-electron chi connectivity index (χ0n) is 12.5. The molecule has 23 heavy (non-hydrogen) atoms. The van der Waals surface area contributed by atoms with Gasteiger partial charge in [0.15, 0.2) is 9.84 Å². The summed E-state index contributed by atoms with van der Waals surface area (Å²) in [6.45, 7) is 0.435. The molecule has 2 aromatic rings. The van der Waals surface area contributed by atoms with Crippen LogP contribution in [0.5, 0.6) is 0 Å². The minimum Gasteiger partial charge on any atom is -0.351 e. The Morgan fingerprint density at radius 1 is 1.13 bits per heavy atom. The van der Waals surface area contributed by atoms with Gasteiger partial charge in [-0.15, -0.1) is 11.8 Å². The molecule has 0 spiro atoms. The van der Waals surface area contributed by atoms with E-state index in [2.05, 4.69) is 5.32 Å². The van der Waals surface area contributed by atoms with Crippen LogP contribution in [-0.2, 0) is 9.84 Å². The molecule has 0 fully saturated rings. The average molecular weight is 370 g/mol. The second-order valence-corrected chi connectivity index (χ2v) is 8.42. The lowest BCUT2D eigenvalue weighted by Gasteiger charge is -2.09. The van der Waals surface area contributed by atoms with Gasteiger partial charge in [-0.25, -0.2) is 8.42 Å². The lowest BCUT2D eigenvalue weighted by atomic mass is 10.2. The van der Waals surface area contributed by atoms with E-state index in [0.717, 1.165) is 11.2 Å². The van der Waals surface area contributed by atoms with E-state index in [-0.39, 0.29) is 16.4 Å². The topological polar surface area (TPSA) is 63.2 Å². The third kappa shape index (κ3) is 5.27. The van der Waals surface area contributed by atoms with Crippen LogP contribution >= 0.6 is 23.4 Å². The third-order valence-corrected chi connectivity index (χ3v) is 5.42. The highest BCUT2D eigenvalue weighted by Crippen LogP contribution is 2.20. The van der Waals surface area contributed by atoms with Crippen molar-refractivity contribution in [2.75, 3.05) is 18.6 Å². The Labute approximate surface area is 145 Å². The van der Waals surface area contributed by atoms with Crippen molar-refractivity contribution in [1.82, 2.24) is 5.32 Å². The van der Waals surface area contributed by atoms with Crippen LogP contribution < -0.4 is 5.32 Å².